The largest absolute Gasteiger partial charge is 0.463 e. The van der Waals surface area contributed by atoms with Crippen LogP contribution in [0.4, 0.5) is 0 Å². The number of carbonyl (C=O) groups is 4. The van der Waals surface area contributed by atoms with E-state index in [-0.39, 0.29) is 23.2 Å². The lowest BCUT2D eigenvalue weighted by Crippen LogP contribution is -2.55. The Kier molecular flexibility index (Phi) is 7.83. The molecule has 1 aliphatic heterocycles. The molecule has 0 radical (unpaired) electrons. The summed E-state index contributed by atoms with van der Waals surface area (Å²) >= 11 is 0. The number of hydrogen-bond donors (Lipinski definition) is 1. The Hall–Kier alpha value is -1.92. The molecule has 4 saturated carbocycles. The van der Waals surface area contributed by atoms with Gasteiger partial charge in [-0.1, -0.05) is 27.7 Å². The normalized spacial score (nSPS) is 31.9. The number of esters is 2. The zero-order valence-corrected chi connectivity index (χ0v) is 21.8. The van der Waals surface area contributed by atoms with E-state index in [1.54, 1.807) is 13.8 Å². The van der Waals surface area contributed by atoms with Crippen LogP contribution in [0.3, 0.4) is 0 Å². The van der Waals surface area contributed by atoms with E-state index in [0.29, 0.717) is 19.4 Å². The second-order valence-electron chi connectivity index (χ2n) is 12.3. The Morgan fingerprint density at radius 2 is 1.44 bits per heavy atom. The van der Waals surface area contributed by atoms with Crippen molar-refractivity contribution in [3.8, 4) is 0 Å². The van der Waals surface area contributed by atoms with Crippen LogP contribution < -0.4 is 5.32 Å². The third-order valence-corrected chi connectivity index (χ3v) is 8.82. The summed E-state index contributed by atoms with van der Waals surface area (Å²) in [7, 11) is 0. The molecule has 5 aliphatic rings. The van der Waals surface area contributed by atoms with Crippen LogP contribution in [0.15, 0.2) is 0 Å². The van der Waals surface area contributed by atoms with Crippen LogP contribution in [0.5, 0.6) is 0 Å². The van der Waals surface area contributed by atoms with Crippen molar-refractivity contribution in [2.45, 2.75) is 105 Å². The van der Waals surface area contributed by atoms with Gasteiger partial charge in [0.15, 0.2) is 0 Å². The third kappa shape index (κ3) is 5.65. The molecule has 1 atom stereocenters. The molecule has 5 rings (SSSR count). The smallest absolute Gasteiger partial charge is 0.347 e. The van der Waals surface area contributed by atoms with E-state index >= 15 is 0 Å². The molecule has 0 aromatic carbocycles. The van der Waals surface area contributed by atoms with Gasteiger partial charge in [0, 0.05) is 11.8 Å². The maximum absolute atomic E-state index is 12.7. The monoisotopic (exact) mass is 477 g/mol. The quantitative estimate of drug-likeness (QED) is 0.563. The number of ether oxygens (including phenoxy) is 2. The number of cyclic esters (lactones) is 1. The lowest BCUT2D eigenvalue weighted by Gasteiger charge is -2.55. The topological polar surface area (TPSA) is 98.8 Å². The van der Waals surface area contributed by atoms with Gasteiger partial charge in [-0.3, -0.25) is 19.7 Å². The van der Waals surface area contributed by atoms with Gasteiger partial charge in [0.25, 0.3) is 0 Å². The van der Waals surface area contributed by atoms with Crippen LogP contribution in [0.25, 0.3) is 0 Å². The molecule has 1 heterocycles. The zero-order chi connectivity index (χ0) is 25.3. The number of nitrogens with one attached hydrogen (secondary N) is 1. The SMILES string of the molecule is CCC(C)(C)C(=O)NC(=O)C12CC3CC(CC(C3)C1)C2.CCC(C)(C)C(=O)OC1CCOC1=O. The van der Waals surface area contributed by atoms with Crippen molar-refractivity contribution in [1.29, 1.82) is 0 Å². The Labute approximate surface area is 204 Å². The summed E-state index contributed by atoms with van der Waals surface area (Å²) in [5.74, 6) is 1.39. The lowest BCUT2D eigenvalue weighted by atomic mass is 9.49. The zero-order valence-electron chi connectivity index (χ0n) is 21.8. The van der Waals surface area contributed by atoms with Gasteiger partial charge in [0.1, 0.15) is 0 Å². The Balaban J connectivity index is 0.000000204. The molecule has 1 N–H and O–H groups in total. The van der Waals surface area contributed by atoms with Gasteiger partial charge in [-0.15, -0.1) is 0 Å². The van der Waals surface area contributed by atoms with Gasteiger partial charge in [0.05, 0.1) is 17.4 Å². The van der Waals surface area contributed by atoms with Crippen LogP contribution in [-0.2, 0) is 28.7 Å². The van der Waals surface area contributed by atoms with E-state index in [9.17, 15) is 19.2 Å². The molecule has 1 unspecified atom stereocenters. The fourth-order valence-corrected chi connectivity index (χ4v) is 5.97. The standard InChI is InChI=1S/C17H27NO2.C10H16O4/c1-4-16(2,3)14(19)18-15(20)17-8-11-5-12(9-17)7-13(6-11)10-17;1-4-10(2,3)9(12)14-7-5-6-13-8(7)11/h11-13H,4-10H2,1-3H3,(H,18,19,20);7H,4-6H2,1-3H3. The van der Waals surface area contributed by atoms with Crippen molar-refractivity contribution in [2.75, 3.05) is 6.61 Å². The number of hydrogen-bond acceptors (Lipinski definition) is 6. The molecule has 0 spiro atoms. The minimum atomic E-state index is -0.687. The Morgan fingerprint density at radius 3 is 1.85 bits per heavy atom. The van der Waals surface area contributed by atoms with Crippen LogP contribution >= 0.6 is 0 Å². The van der Waals surface area contributed by atoms with Gasteiger partial charge < -0.3 is 9.47 Å². The highest BCUT2D eigenvalue weighted by atomic mass is 16.6. The summed E-state index contributed by atoms with van der Waals surface area (Å²) in [6, 6.07) is 0. The van der Waals surface area contributed by atoms with Crippen LogP contribution in [0, 0.1) is 34.0 Å². The maximum Gasteiger partial charge on any atom is 0.347 e. The first-order valence-corrected chi connectivity index (χ1v) is 13.1. The number of imide groups is 1. The third-order valence-electron chi connectivity index (χ3n) is 8.82. The molecular weight excluding hydrogens is 434 g/mol. The van der Waals surface area contributed by atoms with E-state index in [2.05, 4.69) is 5.32 Å². The van der Waals surface area contributed by atoms with E-state index in [4.69, 9.17) is 9.47 Å². The number of rotatable bonds is 6. The van der Waals surface area contributed by atoms with Crippen molar-refractivity contribution in [3.05, 3.63) is 0 Å². The van der Waals surface area contributed by atoms with Crippen molar-refractivity contribution in [2.24, 2.45) is 34.0 Å². The molecule has 0 aromatic heterocycles. The minimum Gasteiger partial charge on any atom is -0.463 e. The molecule has 0 aromatic rings. The maximum atomic E-state index is 12.7. The summed E-state index contributed by atoms with van der Waals surface area (Å²) in [6.07, 6.45) is 8.25. The summed E-state index contributed by atoms with van der Waals surface area (Å²) in [4.78, 5) is 47.6. The summed E-state index contributed by atoms with van der Waals surface area (Å²) in [5, 5.41) is 2.75. The van der Waals surface area contributed by atoms with Crippen molar-refractivity contribution >= 4 is 23.8 Å². The lowest BCUT2D eigenvalue weighted by molar-refractivity contribution is -0.167. The highest BCUT2D eigenvalue weighted by molar-refractivity contribution is 6.00. The minimum absolute atomic E-state index is 0.0307. The van der Waals surface area contributed by atoms with Crippen LogP contribution in [-0.4, -0.2) is 36.5 Å². The van der Waals surface area contributed by atoms with Crippen molar-refractivity contribution < 1.29 is 28.7 Å². The van der Waals surface area contributed by atoms with E-state index in [0.717, 1.165) is 43.4 Å². The van der Waals surface area contributed by atoms with Gasteiger partial charge in [-0.2, -0.15) is 0 Å². The highest BCUT2D eigenvalue weighted by Crippen LogP contribution is 2.60. The van der Waals surface area contributed by atoms with Gasteiger partial charge in [0.2, 0.25) is 17.9 Å². The molecule has 34 heavy (non-hydrogen) atoms. The van der Waals surface area contributed by atoms with E-state index in [1.165, 1.54) is 19.3 Å². The van der Waals surface area contributed by atoms with Crippen LogP contribution in [0.1, 0.15) is 99.3 Å². The number of carbonyl (C=O) groups excluding carboxylic acids is 4. The molecule has 2 amide bonds. The fraction of sp³-hybridized carbons (Fsp3) is 0.852. The van der Waals surface area contributed by atoms with Gasteiger partial charge in [-0.05, 0) is 83.0 Å². The van der Waals surface area contributed by atoms with Crippen molar-refractivity contribution in [3.63, 3.8) is 0 Å². The first kappa shape index (κ1) is 26.7. The molecule has 4 aliphatic carbocycles. The van der Waals surface area contributed by atoms with Gasteiger partial charge >= 0.3 is 11.9 Å². The van der Waals surface area contributed by atoms with Crippen molar-refractivity contribution in [1.82, 2.24) is 5.32 Å². The van der Waals surface area contributed by atoms with E-state index < -0.39 is 22.9 Å². The fourth-order valence-electron chi connectivity index (χ4n) is 5.97. The first-order valence-electron chi connectivity index (χ1n) is 13.1. The number of amides is 2. The predicted molar refractivity (Wildman–Crippen MR) is 127 cm³/mol. The average molecular weight is 478 g/mol. The highest BCUT2D eigenvalue weighted by Gasteiger charge is 2.55. The van der Waals surface area contributed by atoms with E-state index in [1.807, 2.05) is 27.7 Å². The molecule has 5 fully saturated rings. The Morgan fingerprint density at radius 1 is 0.941 bits per heavy atom. The Bertz CT molecular complexity index is 779. The summed E-state index contributed by atoms with van der Waals surface area (Å²) < 4.78 is 9.76. The first-order chi connectivity index (χ1) is 15.8. The van der Waals surface area contributed by atoms with Gasteiger partial charge in [-0.25, -0.2) is 4.79 Å². The molecule has 1 saturated heterocycles. The molecule has 7 heteroatoms. The summed E-state index contributed by atoms with van der Waals surface area (Å²) in [5.41, 5.74) is -1.19. The predicted octanol–water partition coefficient (Wildman–Crippen LogP) is 4.56. The molecular formula is C27H43NO6. The molecule has 7 nitrogen and oxygen atoms in total. The molecule has 192 valence electrons. The summed E-state index contributed by atoms with van der Waals surface area (Å²) in [6.45, 7) is 11.7. The molecule has 4 bridgehead atoms. The average Bonchev–Trinajstić information content (AvgIpc) is 3.17. The second kappa shape index (κ2) is 9.98. The van der Waals surface area contributed by atoms with Crippen LogP contribution in [0.2, 0.25) is 0 Å². The second-order valence-corrected chi connectivity index (χ2v) is 12.3.